The van der Waals surface area contributed by atoms with Gasteiger partial charge in [-0.05, 0) is 68.0 Å². The number of amides is 1. The first-order chi connectivity index (χ1) is 19.6. The van der Waals surface area contributed by atoms with Crippen molar-refractivity contribution in [3.05, 3.63) is 64.7 Å². The standard InChI is InChI=1S/C32H35F3N2O4/c1-2-37(26(39)11-8-19-4-3-5-22(16-19)32(33,34)35)23-12-13-31(40)25-17-21-9-10-24(38)28-27(21)30(31,29(23)41-28)14-15-36(25)18-20-6-7-20/h3-5,8-11,16,20,23,25,29,38,40H,2,6-7,12-15,17-18H2,1H3/p+1/b11-8+/t23-,25-,29+,30+,31-/m1/s1. The van der Waals surface area contributed by atoms with Gasteiger partial charge in [0.05, 0.1) is 30.1 Å². The van der Waals surface area contributed by atoms with Crippen molar-refractivity contribution in [1.82, 2.24) is 4.90 Å². The van der Waals surface area contributed by atoms with Crippen LogP contribution in [0.25, 0.3) is 6.08 Å². The van der Waals surface area contributed by atoms with Crippen LogP contribution in [0, 0.1) is 5.92 Å². The summed E-state index contributed by atoms with van der Waals surface area (Å²) < 4.78 is 46.2. The highest BCUT2D eigenvalue weighted by atomic mass is 19.4. The van der Waals surface area contributed by atoms with Gasteiger partial charge in [-0.3, -0.25) is 4.79 Å². The number of hydrogen-bond donors (Lipinski definition) is 3. The number of benzene rings is 2. The molecule has 3 N–H and O–H groups in total. The number of piperidine rings is 1. The Bertz CT molecular complexity index is 1420. The molecule has 3 aliphatic carbocycles. The molecular formula is C32H36F3N2O4+. The third-order valence-corrected chi connectivity index (χ3v) is 10.6. The largest absolute Gasteiger partial charge is 0.504 e. The number of likely N-dealkylation sites (tertiary alicyclic amines) is 1. The molecule has 6 atom stereocenters. The minimum Gasteiger partial charge on any atom is -0.504 e. The Morgan fingerprint density at radius 3 is 2.73 bits per heavy atom. The van der Waals surface area contributed by atoms with Crippen LogP contribution in [-0.2, 0) is 22.8 Å². The van der Waals surface area contributed by atoms with Gasteiger partial charge in [-0.15, -0.1) is 0 Å². The van der Waals surface area contributed by atoms with Crippen molar-refractivity contribution < 1.29 is 37.8 Å². The Morgan fingerprint density at radius 2 is 2.00 bits per heavy atom. The number of aromatic hydroxyl groups is 1. The quantitative estimate of drug-likeness (QED) is 0.466. The number of quaternary nitrogens is 1. The molecule has 2 aromatic rings. The molecule has 1 amide bonds. The summed E-state index contributed by atoms with van der Waals surface area (Å²) in [5.41, 5.74) is -0.185. The monoisotopic (exact) mass is 569 g/mol. The summed E-state index contributed by atoms with van der Waals surface area (Å²) in [6, 6.07) is 8.22. The summed E-state index contributed by atoms with van der Waals surface area (Å²) in [5.74, 6) is 0.900. The van der Waals surface area contributed by atoms with Gasteiger partial charge in [-0.1, -0.05) is 18.2 Å². The number of nitrogens with one attached hydrogen (secondary N) is 1. The number of phenols is 1. The minimum atomic E-state index is -4.46. The van der Waals surface area contributed by atoms with Gasteiger partial charge >= 0.3 is 6.18 Å². The van der Waals surface area contributed by atoms with Gasteiger partial charge < -0.3 is 24.7 Å². The Morgan fingerprint density at radius 1 is 1.20 bits per heavy atom. The first-order valence-electron chi connectivity index (χ1n) is 14.8. The molecule has 1 unspecified atom stereocenters. The van der Waals surface area contributed by atoms with E-state index in [9.17, 15) is 28.2 Å². The lowest BCUT2D eigenvalue weighted by atomic mass is 9.48. The average molecular weight is 570 g/mol. The number of halogens is 3. The van der Waals surface area contributed by atoms with Crippen LogP contribution < -0.4 is 9.64 Å². The second-order valence-corrected chi connectivity index (χ2v) is 12.6. The molecule has 1 saturated heterocycles. The van der Waals surface area contributed by atoms with Gasteiger partial charge in [-0.2, -0.15) is 13.2 Å². The zero-order valence-corrected chi connectivity index (χ0v) is 23.1. The zero-order valence-electron chi connectivity index (χ0n) is 23.1. The van der Waals surface area contributed by atoms with Crippen molar-refractivity contribution >= 4 is 12.0 Å². The Balaban J connectivity index is 1.23. The molecular weight excluding hydrogens is 533 g/mol. The van der Waals surface area contributed by atoms with Crippen molar-refractivity contribution in [2.24, 2.45) is 5.92 Å². The number of rotatable bonds is 6. The molecule has 0 aromatic heterocycles. The lowest BCUT2D eigenvalue weighted by Crippen LogP contribution is -3.21. The number of nitrogens with zero attached hydrogens (tertiary/aromatic N) is 1. The summed E-state index contributed by atoms with van der Waals surface area (Å²) in [4.78, 5) is 16.8. The third-order valence-electron chi connectivity index (χ3n) is 10.6. The number of alkyl halides is 3. The van der Waals surface area contributed by atoms with Crippen LogP contribution >= 0.6 is 0 Å². The number of carbonyl (C=O) groups excluding carboxylic acids is 1. The van der Waals surface area contributed by atoms with Crippen molar-refractivity contribution in [2.75, 3.05) is 19.6 Å². The molecule has 41 heavy (non-hydrogen) atoms. The lowest BCUT2D eigenvalue weighted by molar-refractivity contribution is -0.944. The topological polar surface area (TPSA) is 74.4 Å². The van der Waals surface area contributed by atoms with E-state index < -0.39 is 28.9 Å². The van der Waals surface area contributed by atoms with E-state index in [0.29, 0.717) is 37.1 Å². The fraction of sp³-hybridized carbons (Fsp3) is 0.531. The molecule has 3 fully saturated rings. The maximum Gasteiger partial charge on any atom is 0.416 e. The van der Waals surface area contributed by atoms with Crippen LogP contribution in [0.4, 0.5) is 13.2 Å². The maximum absolute atomic E-state index is 13.6. The van der Waals surface area contributed by atoms with Gasteiger partial charge in [0.25, 0.3) is 0 Å². The molecule has 0 radical (unpaired) electrons. The highest BCUT2D eigenvalue weighted by Crippen LogP contribution is 2.64. The number of hydrogen-bond acceptors (Lipinski definition) is 4. The van der Waals surface area contributed by atoms with Crippen LogP contribution in [0.5, 0.6) is 11.5 Å². The van der Waals surface area contributed by atoms with Crippen LogP contribution in [0.2, 0.25) is 0 Å². The van der Waals surface area contributed by atoms with E-state index in [1.165, 1.54) is 42.0 Å². The van der Waals surface area contributed by atoms with Crippen LogP contribution in [0.15, 0.2) is 42.5 Å². The number of aliphatic hydroxyl groups is 1. The van der Waals surface area contributed by atoms with Gasteiger partial charge in [0.15, 0.2) is 11.5 Å². The molecule has 7 rings (SSSR count). The lowest BCUT2D eigenvalue weighted by Gasteiger charge is -2.62. The Hall–Kier alpha value is -3.04. The van der Waals surface area contributed by atoms with E-state index in [4.69, 9.17) is 4.74 Å². The Labute approximate surface area is 237 Å². The van der Waals surface area contributed by atoms with Crippen LogP contribution in [0.1, 0.15) is 61.3 Å². The van der Waals surface area contributed by atoms with Gasteiger partial charge in [0.2, 0.25) is 5.91 Å². The molecule has 2 bridgehead atoms. The zero-order chi connectivity index (χ0) is 28.7. The highest BCUT2D eigenvalue weighted by Gasteiger charge is 2.75. The van der Waals surface area contributed by atoms with E-state index in [0.717, 1.165) is 48.7 Å². The molecule has 2 aliphatic heterocycles. The van der Waals surface area contributed by atoms with Crippen LogP contribution in [0.3, 0.4) is 0 Å². The van der Waals surface area contributed by atoms with Crippen LogP contribution in [-0.4, -0.2) is 64.4 Å². The summed E-state index contributed by atoms with van der Waals surface area (Å²) in [5, 5.41) is 23.5. The molecule has 6 nitrogen and oxygen atoms in total. The number of carbonyl (C=O) groups is 1. The van der Waals surface area contributed by atoms with Crippen molar-refractivity contribution in [1.29, 1.82) is 0 Å². The van der Waals surface area contributed by atoms with E-state index in [-0.39, 0.29) is 23.7 Å². The van der Waals surface area contributed by atoms with Crippen molar-refractivity contribution in [2.45, 2.75) is 80.8 Å². The highest BCUT2D eigenvalue weighted by molar-refractivity contribution is 5.92. The summed E-state index contributed by atoms with van der Waals surface area (Å²) in [7, 11) is 0. The fourth-order valence-electron chi connectivity index (χ4n) is 8.64. The molecule has 1 spiro atoms. The first kappa shape index (κ1) is 26.8. The van der Waals surface area contributed by atoms with Crippen molar-refractivity contribution in [3.63, 3.8) is 0 Å². The predicted octanol–water partition coefficient (Wildman–Crippen LogP) is 3.49. The summed E-state index contributed by atoms with van der Waals surface area (Å²) in [6.07, 6.45) is 2.76. The van der Waals surface area contributed by atoms with Gasteiger partial charge in [0.1, 0.15) is 17.7 Å². The second kappa shape index (κ2) is 9.23. The fourth-order valence-corrected chi connectivity index (χ4v) is 8.64. The predicted molar refractivity (Wildman–Crippen MR) is 146 cm³/mol. The summed E-state index contributed by atoms with van der Waals surface area (Å²) >= 11 is 0. The number of ether oxygens (including phenoxy) is 1. The molecule has 2 aromatic carbocycles. The molecule has 218 valence electrons. The number of likely N-dealkylation sites (N-methyl/N-ethyl adjacent to an activating group) is 1. The minimum absolute atomic E-state index is 0.0264. The molecule has 9 heteroatoms. The van der Waals surface area contributed by atoms with E-state index >= 15 is 0 Å². The molecule has 5 aliphatic rings. The van der Waals surface area contributed by atoms with E-state index in [1.54, 1.807) is 11.0 Å². The SMILES string of the molecule is CCN(C(=O)/C=C/c1cccc(C(F)(F)F)c1)[C@@H]1CC[C@@]2(O)[C@H]3Cc4ccc(O)c5c4[C@@]2(CC[NH+]3CC2CC2)[C@H]1O5. The first-order valence-corrected chi connectivity index (χ1v) is 14.8. The maximum atomic E-state index is 13.6. The number of phenolic OH excluding ortho intramolecular Hbond substituents is 1. The van der Waals surface area contributed by atoms with Gasteiger partial charge in [-0.25, -0.2) is 0 Å². The van der Waals surface area contributed by atoms with Crippen molar-refractivity contribution in [3.8, 4) is 11.5 Å². The Kier molecular flexibility index (Phi) is 6.04. The normalized spacial score (nSPS) is 33.4. The summed E-state index contributed by atoms with van der Waals surface area (Å²) in [6.45, 7) is 4.23. The third kappa shape index (κ3) is 3.95. The van der Waals surface area contributed by atoms with Gasteiger partial charge in [0, 0.05) is 36.9 Å². The molecule has 2 saturated carbocycles. The smallest absolute Gasteiger partial charge is 0.416 e. The van der Waals surface area contributed by atoms with E-state index in [1.807, 2.05) is 13.0 Å². The second-order valence-electron chi connectivity index (χ2n) is 12.6. The van der Waals surface area contributed by atoms with E-state index in [2.05, 4.69) is 0 Å². The molecule has 2 heterocycles. The average Bonchev–Trinajstić information content (AvgIpc) is 3.68.